The lowest BCUT2D eigenvalue weighted by Gasteiger charge is -2.17. The zero-order valence-corrected chi connectivity index (χ0v) is 13.0. The van der Waals surface area contributed by atoms with Crippen LogP contribution in [0.1, 0.15) is 18.4 Å². The monoisotopic (exact) mass is 308 g/mol. The molecule has 3 rings (SSSR count). The van der Waals surface area contributed by atoms with E-state index >= 15 is 0 Å². The highest BCUT2D eigenvalue weighted by Gasteiger charge is 2.23. The molecule has 2 aromatic carbocycles. The van der Waals surface area contributed by atoms with E-state index in [1.807, 2.05) is 23.1 Å². The second-order valence-electron chi connectivity index (χ2n) is 5.84. The quantitative estimate of drug-likeness (QED) is 0.890. The summed E-state index contributed by atoms with van der Waals surface area (Å²) in [5.41, 5.74) is 7.11. The highest BCUT2D eigenvalue weighted by Crippen LogP contribution is 2.21. The van der Waals surface area contributed by atoms with Crippen molar-refractivity contribution in [1.29, 1.82) is 0 Å². The van der Waals surface area contributed by atoms with E-state index in [0.29, 0.717) is 25.1 Å². The number of benzene rings is 2. The second kappa shape index (κ2) is 6.65. The van der Waals surface area contributed by atoms with E-state index < -0.39 is 0 Å². The molecule has 1 heterocycles. The van der Waals surface area contributed by atoms with E-state index in [2.05, 4.69) is 30.3 Å². The maximum Gasteiger partial charge on any atom is 0.249 e. The van der Waals surface area contributed by atoms with Gasteiger partial charge in [-0.2, -0.15) is 0 Å². The Balaban J connectivity index is 1.63. The van der Waals surface area contributed by atoms with Gasteiger partial charge in [0, 0.05) is 25.1 Å². The molecule has 1 aliphatic heterocycles. The van der Waals surface area contributed by atoms with Crippen LogP contribution in [0.2, 0.25) is 0 Å². The zero-order chi connectivity index (χ0) is 16.2. The summed E-state index contributed by atoms with van der Waals surface area (Å²) in [6.45, 7) is 1.31. The molecule has 4 nitrogen and oxygen atoms in total. The molecule has 0 atom stereocenters. The Morgan fingerprint density at radius 3 is 2.70 bits per heavy atom. The molecule has 118 valence electrons. The van der Waals surface area contributed by atoms with Crippen LogP contribution in [0.3, 0.4) is 0 Å². The summed E-state index contributed by atoms with van der Waals surface area (Å²) in [4.78, 5) is 25.0. The van der Waals surface area contributed by atoms with Crippen molar-refractivity contribution in [2.45, 2.75) is 19.3 Å². The summed E-state index contributed by atoms with van der Waals surface area (Å²) < 4.78 is 0. The van der Waals surface area contributed by atoms with E-state index in [1.165, 1.54) is 16.3 Å². The number of fused-ring (bicyclic) bond motifs is 1. The fourth-order valence-electron chi connectivity index (χ4n) is 3.02. The number of primary amides is 1. The molecule has 2 aromatic rings. The maximum absolute atomic E-state index is 12.3. The second-order valence-corrected chi connectivity index (χ2v) is 5.84. The summed E-state index contributed by atoms with van der Waals surface area (Å²) in [6.07, 6.45) is 3.41. The molecule has 0 spiro atoms. The van der Waals surface area contributed by atoms with Crippen molar-refractivity contribution in [1.82, 2.24) is 4.90 Å². The van der Waals surface area contributed by atoms with Crippen LogP contribution in [0.15, 0.2) is 54.1 Å². The first-order valence-electron chi connectivity index (χ1n) is 7.88. The van der Waals surface area contributed by atoms with Gasteiger partial charge in [-0.05, 0) is 29.2 Å². The summed E-state index contributed by atoms with van der Waals surface area (Å²) >= 11 is 0. The van der Waals surface area contributed by atoms with Crippen molar-refractivity contribution in [3.05, 3.63) is 59.7 Å². The first-order valence-corrected chi connectivity index (χ1v) is 7.88. The topological polar surface area (TPSA) is 63.4 Å². The molecule has 2 N–H and O–H groups in total. The lowest BCUT2D eigenvalue weighted by molar-refractivity contribution is -0.125. The Morgan fingerprint density at radius 1 is 1.09 bits per heavy atom. The number of carbonyl (C=O) groups excluding carboxylic acids is 2. The average Bonchev–Trinajstić information content (AvgIpc) is 2.91. The summed E-state index contributed by atoms with van der Waals surface area (Å²) in [6, 6.07) is 14.6. The van der Waals surface area contributed by atoms with Gasteiger partial charge in [0.1, 0.15) is 0 Å². The fraction of sp³-hybridized carbons (Fsp3) is 0.263. The van der Waals surface area contributed by atoms with Crippen LogP contribution < -0.4 is 5.73 Å². The van der Waals surface area contributed by atoms with Crippen molar-refractivity contribution >= 4 is 22.6 Å². The van der Waals surface area contributed by atoms with E-state index in [1.54, 1.807) is 0 Å². The third kappa shape index (κ3) is 3.42. The van der Waals surface area contributed by atoms with Gasteiger partial charge in [-0.25, -0.2) is 0 Å². The molecule has 0 bridgehead atoms. The highest BCUT2D eigenvalue weighted by atomic mass is 16.2. The predicted octanol–water partition coefficient (Wildman–Crippen LogP) is 2.42. The van der Waals surface area contributed by atoms with E-state index in [-0.39, 0.29) is 18.2 Å². The van der Waals surface area contributed by atoms with Gasteiger partial charge in [-0.1, -0.05) is 48.5 Å². The van der Waals surface area contributed by atoms with Gasteiger partial charge in [0.25, 0.3) is 0 Å². The Morgan fingerprint density at radius 2 is 1.87 bits per heavy atom. The normalized spacial score (nSPS) is 14.3. The number of rotatable bonds is 6. The van der Waals surface area contributed by atoms with Gasteiger partial charge in [0.15, 0.2) is 0 Å². The van der Waals surface area contributed by atoms with Gasteiger partial charge in [0.05, 0.1) is 0 Å². The first-order chi connectivity index (χ1) is 11.1. The minimum Gasteiger partial charge on any atom is -0.370 e. The minimum absolute atomic E-state index is 0.0338. The first kappa shape index (κ1) is 15.3. The molecule has 23 heavy (non-hydrogen) atoms. The molecule has 0 saturated heterocycles. The predicted molar refractivity (Wildman–Crippen MR) is 90.7 cm³/mol. The van der Waals surface area contributed by atoms with Crippen LogP contribution in [0.5, 0.6) is 0 Å². The Kier molecular flexibility index (Phi) is 4.42. The minimum atomic E-state index is -0.368. The standard InChI is InChI=1S/C19H20N2O2/c20-18(22)9-8-16-11-13-21(19(16)23)12-10-15-6-3-5-14-4-1-2-7-17(14)15/h1-7,11H,8-10,12-13H2,(H2,20,22). The third-order valence-electron chi connectivity index (χ3n) is 4.29. The van der Waals surface area contributed by atoms with Crippen LogP contribution in [0.4, 0.5) is 0 Å². The molecule has 2 amide bonds. The molecule has 1 aliphatic rings. The fourth-order valence-corrected chi connectivity index (χ4v) is 3.02. The number of hydrogen-bond acceptors (Lipinski definition) is 2. The van der Waals surface area contributed by atoms with Gasteiger partial charge < -0.3 is 10.6 Å². The van der Waals surface area contributed by atoms with Crippen molar-refractivity contribution in [3.8, 4) is 0 Å². The van der Waals surface area contributed by atoms with Gasteiger partial charge in [-0.3, -0.25) is 9.59 Å². The summed E-state index contributed by atoms with van der Waals surface area (Å²) in [5.74, 6) is -0.334. The number of carbonyl (C=O) groups is 2. The Bertz CT molecular complexity index is 775. The molecule has 4 heteroatoms. The number of nitrogens with two attached hydrogens (primary N) is 1. The van der Waals surface area contributed by atoms with Crippen molar-refractivity contribution in [2.24, 2.45) is 5.73 Å². The van der Waals surface area contributed by atoms with E-state index in [9.17, 15) is 9.59 Å². The van der Waals surface area contributed by atoms with Crippen LogP contribution in [0.25, 0.3) is 10.8 Å². The SMILES string of the molecule is NC(=O)CCC1=CCN(CCc2cccc3ccccc23)C1=O. The number of nitrogens with zero attached hydrogens (tertiary/aromatic N) is 1. The Hall–Kier alpha value is -2.62. The largest absolute Gasteiger partial charge is 0.370 e. The van der Waals surface area contributed by atoms with Crippen molar-refractivity contribution < 1.29 is 9.59 Å². The number of hydrogen-bond donors (Lipinski definition) is 1. The molecule has 0 aromatic heterocycles. The van der Waals surface area contributed by atoms with Crippen LogP contribution in [-0.2, 0) is 16.0 Å². The van der Waals surface area contributed by atoms with E-state index in [0.717, 1.165) is 6.42 Å². The van der Waals surface area contributed by atoms with Gasteiger partial charge in [0.2, 0.25) is 11.8 Å². The molecule has 0 radical (unpaired) electrons. The zero-order valence-electron chi connectivity index (χ0n) is 13.0. The molecular formula is C19H20N2O2. The maximum atomic E-state index is 12.3. The van der Waals surface area contributed by atoms with Crippen molar-refractivity contribution in [3.63, 3.8) is 0 Å². The van der Waals surface area contributed by atoms with E-state index in [4.69, 9.17) is 5.73 Å². The lowest BCUT2D eigenvalue weighted by Crippen LogP contribution is -2.29. The number of amides is 2. The summed E-state index contributed by atoms with van der Waals surface area (Å²) in [5, 5.41) is 2.46. The van der Waals surface area contributed by atoms with Crippen molar-refractivity contribution in [2.75, 3.05) is 13.1 Å². The summed E-state index contributed by atoms with van der Waals surface area (Å²) in [7, 11) is 0. The highest BCUT2D eigenvalue weighted by molar-refractivity contribution is 5.96. The van der Waals surface area contributed by atoms with Crippen LogP contribution >= 0.6 is 0 Å². The third-order valence-corrected chi connectivity index (χ3v) is 4.29. The Labute approximate surface area is 135 Å². The van der Waals surface area contributed by atoms with Crippen LogP contribution in [0, 0.1) is 0 Å². The molecule has 0 saturated carbocycles. The molecule has 0 fully saturated rings. The smallest absolute Gasteiger partial charge is 0.249 e. The van der Waals surface area contributed by atoms with Crippen LogP contribution in [-0.4, -0.2) is 29.8 Å². The van der Waals surface area contributed by atoms with Gasteiger partial charge >= 0.3 is 0 Å². The average molecular weight is 308 g/mol. The molecule has 0 unspecified atom stereocenters. The lowest BCUT2D eigenvalue weighted by atomic mass is 10.0. The molecular weight excluding hydrogens is 288 g/mol. The molecule has 0 aliphatic carbocycles. The van der Waals surface area contributed by atoms with Gasteiger partial charge in [-0.15, -0.1) is 0 Å².